The van der Waals surface area contributed by atoms with Crippen LogP contribution in [0.1, 0.15) is 30.9 Å². The van der Waals surface area contributed by atoms with Crippen molar-refractivity contribution in [3.8, 4) is 11.4 Å². The maximum absolute atomic E-state index is 13.1. The number of aromatic nitrogens is 6. The van der Waals surface area contributed by atoms with Crippen LogP contribution in [0.2, 0.25) is 0 Å². The minimum Gasteiger partial charge on any atom is -0.480 e. The van der Waals surface area contributed by atoms with E-state index in [0.29, 0.717) is 29.9 Å². The first-order valence-electron chi connectivity index (χ1n) is 11.9. The molecule has 11 nitrogen and oxygen atoms in total. The lowest BCUT2D eigenvalue weighted by atomic mass is 10.1. The summed E-state index contributed by atoms with van der Waals surface area (Å²) in [6.45, 7) is 2.44. The van der Waals surface area contributed by atoms with Crippen molar-refractivity contribution in [1.29, 1.82) is 0 Å². The molecule has 0 aliphatic carbocycles. The van der Waals surface area contributed by atoms with Crippen LogP contribution in [0.4, 0.5) is 19.1 Å². The quantitative estimate of drug-likeness (QED) is 0.330. The average Bonchev–Trinajstić information content (AvgIpc) is 3.56. The summed E-state index contributed by atoms with van der Waals surface area (Å²) in [6, 6.07) is 3.95. The van der Waals surface area contributed by atoms with E-state index < -0.39 is 35.4 Å². The van der Waals surface area contributed by atoms with Gasteiger partial charge < -0.3 is 19.7 Å². The smallest absolute Gasteiger partial charge is 0.416 e. The minimum atomic E-state index is -4.45. The number of aryl methyl sites for hydroxylation is 1. The SMILES string of the molecule is CCCn1c(-c2cnn(Cc3cccc(C(F)(F)F)c3)c2)nc2nc(N3C[C@H](O)C[C@@H]3C(=O)O)[nH]c(=O)c21. The van der Waals surface area contributed by atoms with E-state index in [4.69, 9.17) is 0 Å². The molecule has 0 saturated carbocycles. The molecule has 3 aromatic heterocycles. The van der Waals surface area contributed by atoms with Gasteiger partial charge in [0.25, 0.3) is 5.56 Å². The topological polar surface area (TPSA) is 142 Å². The number of β-amino-alcohol motifs (C(OH)–C–C–N with tert-alkyl or cyclic N) is 1. The van der Waals surface area contributed by atoms with Gasteiger partial charge in [-0.15, -0.1) is 0 Å². The number of halogens is 3. The summed E-state index contributed by atoms with van der Waals surface area (Å²) < 4.78 is 42.4. The number of hydrogen-bond acceptors (Lipinski definition) is 7. The van der Waals surface area contributed by atoms with Gasteiger partial charge in [0, 0.05) is 25.7 Å². The van der Waals surface area contributed by atoms with E-state index in [2.05, 4.69) is 20.1 Å². The number of aliphatic carboxylic acids is 1. The van der Waals surface area contributed by atoms with E-state index in [1.54, 1.807) is 16.8 Å². The zero-order chi connectivity index (χ0) is 27.2. The number of imidazole rings is 1. The van der Waals surface area contributed by atoms with Crippen molar-refractivity contribution in [2.24, 2.45) is 0 Å². The molecule has 4 heterocycles. The highest BCUT2D eigenvalue weighted by molar-refractivity contribution is 5.80. The van der Waals surface area contributed by atoms with E-state index in [0.717, 1.165) is 12.1 Å². The number of aliphatic hydroxyl groups is 1. The Kier molecular flexibility index (Phi) is 6.42. The van der Waals surface area contributed by atoms with Crippen LogP contribution in [0.3, 0.4) is 0 Å². The Morgan fingerprint density at radius 3 is 2.76 bits per heavy atom. The van der Waals surface area contributed by atoms with Crippen molar-refractivity contribution < 1.29 is 28.2 Å². The number of anilines is 1. The molecule has 1 fully saturated rings. The molecule has 0 radical (unpaired) electrons. The first kappa shape index (κ1) is 25.4. The highest BCUT2D eigenvalue weighted by Crippen LogP contribution is 2.30. The van der Waals surface area contributed by atoms with E-state index in [9.17, 15) is 33.0 Å². The number of carbonyl (C=O) groups is 1. The molecule has 0 bridgehead atoms. The molecule has 1 aliphatic rings. The van der Waals surface area contributed by atoms with Crippen molar-refractivity contribution >= 4 is 23.1 Å². The number of hydrogen-bond donors (Lipinski definition) is 3. The molecular weight excluding hydrogens is 507 g/mol. The molecule has 1 saturated heterocycles. The van der Waals surface area contributed by atoms with Crippen molar-refractivity contribution in [1.82, 2.24) is 29.3 Å². The van der Waals surface area contributed by atoms with E-state index in [-0.39, 0.29) is 36.6 Å². The Morgan fingerprint density at radius 2 is 2.05 bits per heavy atom. The summed E-state index contributed by atoms with van der Waals surface area (Å²) in [7, 11) is 0. The maximum Gasteiger partial charge on any atom is 0.416 e. The van der Waals surface area contributed by atoms with Gasteiger partial charge >= 0.3 is 12.1 Å². The highest BCUT2D eigenvalue weighted by atomic mass is 19.4. The molecule has 38 heavy (non-hydrogen) atoms. The van der Waals surface area contributed by atoms with E-state index in [1.165, 1.54) is 21.8 Å². The summed E-state index contributed by atoms with van der Waals surface area (Å²) >= 11 is 0. The molecule has 0 spiro atoms. The molecule has 200 valence electrons. The first-order valence-corrected chi connectivity index (χ1v) is 11.9. The number of carboxylic acid groups (broad SMARTS) is 1. The van der Waals surface area contributed by atoms with Crippen LogP contribution in [0.15, 0.2) is 41.5 Å². The fraction of sp³-hybridized carbons (Fsp3) is 0.375. The molecular formula is C24H24F3N7O4. The van der Waals surface area contributed by atoms with Gasteiger partial charge in [-0.25, -0.2) is 9.78 Å². The molecule has 2 atom stereocenters. The lowest BCUT2D eigenvalue weighted by Crippen LogP contribution is -2.38. The minimum absolute atomic E-state index is 0.000565. The van der Waals surface area contributed by atoms with Gasteiger partial charge in [-0.3, -0.25) is 14.5 Å². The van der Waals surface area contributed by atoms with Crippen molar-refractivity contribution in [2.45, 2.75) is 51.2 Å². The number of H-pyrrole nitrogens is 1. The number of nitrogens with one attached hydrogen (secondary N) is 1. The molecule has 4 aromatic rings. The third-order valence-electron chi connectivity index (χ3n) is 6.38. The first-order chi connectivity index (χ1) is 18.0. The van der Waals surface area contributed by atoms with Gasteiger partial charge in [-0.05, 0) is 24.1 Å². The summed E-state index contributed by atoms with van der Waals surface area (Å²) in [4.78, 5) is 37.7. The van der Waals surface area contributed by atoms with Gasteiger partial charge in [-0.1, -0.05) is 19.1 Å². The zero-order valence-electron chi connectivity index (χ0n) is 20.2. The van der Waals surface area contributed by atoms with Crippen LogP contribution >= 0.6 is 0 Å². The van der Waals surface area contributed by atoms with Crippen LogP contribution in [0, 0.1) is 0 Å². The van der Waals surface area contributed by atoms with Gasteiger partial charge in [0.2, 0.25) is 5.95 Å². The van der Waals surface area contributed by atoms with Crippen LogP contribution in [0.5, 0.6) is 0 Å². The predicted octanol–water partition coefficient (Wildman–Crippen LogP) is 2.48. The number of rotatable bonds is 7. The number of carboxylic acids is 1. The zero-order valence-corrected chi connectivity index (χ0v) is 20.2. The molecule has 0 unspecified atom stereocenters. The number of aliphatic hydroxyl groups excluding tert-OH is 1. The Morgan fingerprint density at radius 1 is 1.26 bits per heavy atom. The van der Waals surface area contributed by atoms with Gasteiger partial charge in [0.15, 0.2) is 11.2 Å². The number of alkyl halides is 3. The van der Waals surface area contributed by atoms with E-state index in [1.807, 2.05) is 6.92 Å². The molecule has 3 N–H and O–H groups in total. The molecule has 1 aliphatic heterocycles. The Balaban J connectivity index is 1.51. The number of fused-ring (bicyclic) bond motifs is 1. The van der Waals surface area contributed by atoms with Gasteiger partial charge in [-0.2, -0.15) is 23.3 Å². The highest BCUT2D eigenvalue weighted by Gasteiger charge is 2.38. The Bertz CT molecular complexity index is 1560. The summed E-state index contributed by atoms with van der Waals surface area (Å²) in [5, 5.41) is 23.8. The molecule has 1 aromatic carbocycles. The van der Waals surface area contributed by atoms with Crippen molar-refractivity contribution in [3.05, 3.63) is 58.1 Å². The lowest BCUT2D eigenvalue weighted by molar-refractivity contribution is -0.139. The fourth-order valence-corrected chi connectivity index (χ4v) is 4.71. The molecule has 5 rings (SSSR count). The number of benzene rings is 1. The molecule has 14 heteroatoms. The largest absolute Gasteiger partial charge is 0.480 e. The maximum atomic E-state index is 13.1. The molecule has 0 amide bonds. The van der Waals surface area contributed by atoms with Gasteiger partial charge in [0.1, 0.15) is 11.9 Å². The van der Waals surface area contributed by atoms with Crippen LogP contribution in [-0.2, 0) is 24.1 Å². The average molecular weight is 531 g/mol. The second-order valence-electron chi connectivity index (χ2n) is 9.17. The third-order valence-corrected chi connectivity index (χ3v) is 6.38. The second kappa shape index (κ2) is 9.59. The fourth-order valence-electron chi connectivity index (χ4n) is 4.71. The Hall–Kier alpha value is -4.20. The third kappa shape index (κ3) is 4.74. The predicted molar refractivity (Wildman–Crippen MR) is 130 cm³/mol. The monoisotopic (exact) mass is 531 g/mol. The van der Waals surface area contributed by atoms with Crippen LogP contribution < -0.4 is 10.5 Å². The Labute approximate surface area is 213 Å². The summed E-state index contributed by atoms with van der Waals surface area (Å²) in [5.74, 6) is -0.752. The van der Waals surface area contributed by atoms with E-state index >= 15 is 0 Å². The standard InChI is InChI=1S/C24H24F3N7O4/c1-2-6-33-18-19(30-23(31-21(18)36)34-12-16(35)8-17(34)22(37)38)29-20(33)14-9-28-32(11-14)10-13-4-3-5-15(7-13)24(25,26)27/h3-5,7,9,11,16-17,35H,2,6,8,10,12H2,1H3,(H,37,38)(H,30,31,36)/t16-,17-/m1/s1. The van der Waals surface area contributed by atoms with Crippen molar-refractivity contribution in [2.75, 3.05) is 11.4 Å². The summed E-state index contributed by atoms with van der Waals surface area (Å²) in [5.41, 5.74) is -0.0152. The second-order valence-corrected chi connectivity index (χ2v) is 9.17. The normalized spacial score (nSPS) is 18.0. The number of nitrogens with zero attached hydrogens (tertiary/aromatic N) is 6. The van der Waals surface area contributed by atoms with Crippen molar-refractivity contribution in [3.63, 3.8) is 0 Å². The van der Waals surface area contributed by atoms with Gasteiger partial charge in [0.05, 0.1) is 30.0 Å². The number of aromatic amines is 1. The van der Waals surface area contributed by atoms with Crippen LogP contribution in [0.25, 0.3) is 22.6 Å². The summed E-state index contributed by atoms with van der Waals surface area (Å²) in [6.07, 6.45) is -1.54. The van der Waals surface area contributed by atoms with Crippen LogP contribution in [-0.4, -0.2) is 64.2 Å². The lowest BCUT2D eigenvalue weighted by Gasteiger charge is -2.21.